The minimum absolute atomic E-state index is 0.198. The molecule has 3 fully saturated rings. The fourth-order valence-electron chi connectivity index (χ4n) is 5.63. The van der Waals surface area contributed by atoms with Gasteiger partial charge in [0.05, 0.1) is 12.5 Å². The van der Waals surface area contributed by atoms with Gasteiger partial charge in [0.2, 0.25) is 0 Å². The molecule has 31 heavy (non-hydrogen) atoms. The molecule has 4 aliphatic rings. The first-order valence-electron chi connectivity index (χ1n) is 12.0. The van der Waals surface area contributed by atoms with E-state index in [4.69, 9.17) is 4.74 Å². The van der Waals surface area contributed by atoms with Gasteiger partial charge in [-0.25, -0.2) is 13.8 Å². The molecule has 2 saturated carbocycles. The number of aromatic nitrogens is 1. The molecule has 1 aromatic rings. The predicted molar refractivity (Wildman–Crippen MR) is 115 cm³/mol. The Morgan fingerprint density at radius 1 is 1.13 bits per heavy atom. The lowest BCUT2D eigenvalue weighted by molar-refractivity contribution is -0.123. The smallest absolute Gasteiger partial charge is 0.258 e. The van der Waals surface area contributed by atoms with Gasteiger partial charge in [-0.1, -0.05) is 12.8 Å². The summed E-state index contributed by atoms with van der Waals surface area (Å²) in [4.78, 5) is 21.6. The van der Waals surface area contributed by atoms with Crippen molar-refractivity contribution in [2.75, 3.05) is 44.2 Å². The third-order valence-electron chi connectivity index (χ3n) is 7.80. The summed E-state index contributed by atoms with van der Waals surface area (Å²) in [5.41, 5.74) is 1.26. The number of ether oxygens (including phenoxy) is 1. The van der Waals surface area contributed by atoms with Crippen LogP contribution in [0.15, 0.2) is 12.3 Å². The van der Waals surface area contributed by atoms with Gasteiger partial charge in [-0.3, -0.25) is 9.69 Å². The molecule has 0 amide bonds. The molecule has 0 N–H and O–H groups in total. The predicted octanol–water partition coefficient (Wildman–Crippen LogP) is 3.95. The van der Waals surface area contributed by atoms with Gasteiger partial charge < -0.3 is 9.64 Å². The van der Waals surface area contributed by atoms with Gasteiger partial charge in [-0.05, 0) is 43.7 Å². The molecule has 5 nitrogen and oxygen atoms in total. The molecule has 1 atom stereocenters. The van der Waals surface area contributed by atoms with E-state index in [1.54, 1.807) is 0 Å². The quantitative estimate of drug-likeness (QED) is 0.652. The molecule has 2 aliphatic carbocycles. The third-order valence-corrected chi connectivity index (χ3v) is 7.80. The number of pyridine rings is 1. The number of Topliss-reactive ketones (excluding diaryl/α,β-unsaturated/α-hetero) is 1. The van der Waals surface area contributed by atoms with Gasteiger partial charge in [-0.15, -0.1) is 0 Å². The SMILES string of the molecule is O=C(CC1CCC(CCN2CCN(c3nccc4c3CCO4)CC2)CC1)C1CC1(F)F. The maximum Gasteiger partial charge on any atom is 0.258 e. The minimum atomic E-state index is -2.71. The van der Waals surface area contributed by atoms with Crippen LogP contribution < -0.4 is 9.64 Å². The molecule has 3 heterocycles. The van der Waals surface area contributed by atoms with Crippen molar-refractivity contribution in [1.29, 1.82) is 0 Å². The number of piperazine rings is 1. The second-order valence-electron chi connectivity index (χ2n) is 9.90. The summed E-state index contributed by atoms with van der Waals surface area (Å²) >= 11 is 0. The van der Waals surface area contributed by atoms with Crippen molar-refractivity contribution in [2.24, 2.45) is 17.8 Å². The van der Waals surface area contributed by atoms with Crippen molar-refractivity contribution in [1.82, 2.24) is 9.88 Å². The fraction of sp³-hybridized carbons (Fsp3) is 0.750. The normalized spacial score (nSPS) is 30.0. The standard InChI is InChI=1S/C24H33F2N3O2/c25-24(26)16-20(24)21(30)15-18-3-1-17(2-4-18)6-9-28-10-12-29(13-11-28)23-19-7-14-31-22(19)5-8-27-23/h5,8,17-18,20H,1-4,6-7,9-16H2. The Bertz CT molecular complexity index is 802. The van der Waals surface area contributed by atoms with Crippen molar-refractivity contribution in [3.8, 4) is 5.75 Å². The van der Waals surface area contributed by atoms with E-state index >= 15 is 0 Å². The van der Waals surface area contributed by atoms with Crippen molar-refractivity contribution in [3.63, 3.8) is 0 Å². The van der Waals surface area contributed by atoms with Crippen LogP contribution in [0.2, 0.25) is 0 Å². The lowest BCUT2D eigenvalue weighted by Gasteiger charge is -2.37. The van der Waals surface area contributed by atoms with Crippen LogP contribution in [0.4, 0.5) is 14.6 Å². The van der Waals surface area contributed by atoms with Crippen LogP contribution in [0.5, 0.6) is 5.75 Å². The van der Waals surface area contributed by atoms with Gasteiger partial charge in [0.1, 0.15) is 17.4 Å². The number of hydrogen-bond acceptors (Lipinski definition) is 5. The molecule has 5 rings (SSSR count). The van der Waals surface area contributed by atoms with Crippen molar-refractivity contribution in [2.45, 2.75) is 57.3 Å². The molecule has 0 spiro atoms. The fourth-order valence-corrected chi connectivity index (χ4v) is 5.63. The number of nitrogens with zero attached hydrogens (tertiary/aromatic N) is 3. The van der Waals surface area contributed by atoms with Gasteiger partial charge in [0.25, 0.3) is 5.92 Å². The zero-order chi connectivity index (χ0) is 21.4. The topological polar surface area (TPSA) is 45.7 Å². The largest absolute Gasteiger partial charge is 0.493 e. The Labute approximate surface area is 183 Å². The summed E-state index contributed by atoms with van der Waals surface area (Å²) in [6.45, 7) is 6.02. The van der Waals surface area contributed by atoms with E-state index in [0.717, 1.165) is 83.0 Å². The molecule has 0 radical (unpaired) electrons. The first kappa shape index (κ1) is 21.1. The summed E-state index contributed by atoms with van der Waals surface area (Å²) in [6.07, 6.45) is 8.49. The van der Waals surface area contributed by atoms with E-state index in [1.165, 1.54) is 12.0 Å². The van der Waals surface area contributed by atoms with Crippen molar-refractivity contribution < 1.29 is 18.3 Å². The molecule has 1 aromatic heterocycles. The summed E-state index contributed by atoms with van der Waals surface area (Å²) in [5.74, 6) is -0.735. The highest BCUT2D eigenvalue weighted by Crippen LogP contribution is 2.50. The number of anilines is 1. The van der Waals surface area contributed by atoms with E-state index in [0.29, 0.717) is 18.3 Å². The number of carbonyl (C=O) groups excluding carboxylic acids is 1. The highest BCUT2D eigenvalue weighted by molar-refractivity contribution is 5.85. The van der Waals surface area contributed by atoms with E-state index in [-0.39, 0.29) is 12.2 Å². The average Bonchev–Trinajstić information content (AvgIpc) is 3.18. The van der Waals surface area contributed by atoms with Gasteiger partial charge in [0.15, 0.2) is 0 Å². The highest BCUT2D eigenvalue weighted by atomic mass is 19.3. The van der Waals surface area contributed by atoms with Crippen molar-refractivity contribution in [3.05, 3.63) is 17.8 Å². The van der Waals surface area contributed by atoms with E-state index in [9.17, 15) is 13.6 Å². The first-order chi connectivity index (χ1) is 15.0. The summed E-state index contributed by atoms with van der Waals surface area (Å²) < 4.78 is 31.8. The Hall–Kier alpha value is -1.76. The molecule has 0 bridgehead atoms. The zero-order valence-electron chi connectivity index (χ0n) is 18.2. The third kappa shape index (κ3) is 4.71. The molecule has 0 aromatic carbocycles. The van der Waals surface area contributed by atoms with Crippen LogP contribution in [-0.4, -0.2) is 60.9 Å². The van der Waals surface area contributed by atoms with Crippen LogP contribution >= 0.6 is 0 Å². The molecule has 7 heteroatoms. The number of hydrogen-bond donors (Lipinski definition) is 0. The van der Waals surface area contributed by atoms with E-state index in [2.05, 4.69) is 14.8 Å². The Morgan fingerprint density at radius 3 is 2.55 bits per heavy atom. The number of ketones is 1. The lowest BCUT2D eigenvalue weighted by Crippen LogP contribution is -2.47. The molecule has 2 aliphatic heterocycles. The molecule has 1 saturated heterocycles. The summed E-state index contributed by atoms with van der Waals surface area (Å²) in [7, 11) is 0. The molecular weight excluding hydrogens is 400 g/mol. The van der Waals surface area contributed by atoms with E-state index in [1.807, 2.05) is 12.3 Å². The minimum Gasteiger partial charge on any atom is -0.493 e. The number of alkyl halides is 2. The second kappa shape index (κ2) is 8.64. The highest BCUT2D eigenvalue weighted by Gasteiger charge is 2.60. The van der Waals surface area contributed by atoms with Crippen LogP contribution in [0.1, 0.15) is 50.5 Å². The first-order valence-corrected chi connectivity index (χ1v) is 12.0. The lowest BCUT2D eigenvalue weighted by atomic mass is 9.78. The van der Waals surface area contributed by atoms with Gasteiger partial charge >= 0.3 is 0 Å². The number of rotatable bonds is 7. The van der Waals surface area contributed by atoms with E-state index < -0.39 is 11.8 Å². The van der Waals surface area contributed by atoms with Gasteiger partial charge in [0, 0.05) is 57.2 Å². The number of fused-ring (bicyclic) bond motifs is 1. The van der Waals surface area contributed by atoms with Crippen LogP contribution in [0, 0.1) is 17.8 Å². The Kier molecular flexibility index (Phi) is 5.88. The van der Waals surface area contributed by atoms with Crippen LogP contribution in [0.3, 0.4) is 0 Å². The second-order valence-corrected chi connectivity index (χ2v) is 9.90. The Balaban J connectivity index is 1.01. The molecule has 1 unspecified atom stereocenters. The summed E-state index contributed by atoms with van der Waals surface area (Å²) in [5, 5.41) is 0. The molecule has 170 valence electrons. The van der Waals surface area contributed by atoms with Gasteiger partial charge in [-0.2, -0.15) is 0 Å². The maximum atomic E-state index is 13.1. The van der Waals surface area contributed by atoms with Crippen molar-refractivity contribution >= 4 is 11.6 Å². The zero-order valence-corrected chi connectivity index (χ0v) is 18.2. The van der Waals surface area contributed by atoms with Crippen LogP contribution in [-0.2, 0) is 11.2 Å². The Morgan fingerprint density at radius 2 is 1.84 bits per heavy atom. The molecular formula is C24H33F2N3O2. The maximum absolute atomic E-state index is 13.1. The number of halogens is 2. The van der Waals surface area contributed by atoms with Crippen LogP contribution in [0.25, 0.3) is 0 Å². The average molecular weight is 434 g/mol. The monoisotopic (exact) mass is 433 g/mol. The number of carbonyl (C=O) groups is 1. The summed E-state index contributed by atoms with van der Waals surface area (Å²) in [6, 6.07) is 1.97.